The molecule has 0 aliphatic heterocycles. The number of benzene rings is 2. The van der Waals surface area contributed by atoms with Gasteiger partial charge in [-0.2, -0.15) is 5.26 Å². The number of nitrogens with zero attached hydrogens (tertiary/aromatic N) is 1. The molecule has 0 atom stereocenters. The quantitative estimate of drug-likeness (QED) is 0.498. The van der Waals surface area contributed by atoms with Crippen molar-refractivity contribution in [3.63, 3.8) is 0 Å². The zero-order valence-corrected chi connectivity index (χ0v) is 13.3. The lowest BCUT2D eigenvalue weighted by molar-refractivity contribution is -0.112. The number of allylic oxidation sites excluding steroid dienone is 2. The maximum Gasteiger partial charge on any atom is 0.266 e. The van der Waals surface area contributed by atoms with E-state index < -0.39 is 5.91 Å². The molecular formula is C19H15ClN2O. The van der Waals surface area contributed by atoms with Gasteiger partial charge in [0.05, 0.1) is 0 Å². The van der Waals surface area contributed by atoms with Gasteiger partial charge in [-0.15, -0.1) is 0 Å². The first-order chi connectivity index (χ1) is 11.1. The standard InChI is InChI=1S/C19H15ClN2O/c1-14(11-15-5-3-2-4-6-15)12-16(13-21)19(23)22-18-9-7-17(20)8-10-18/h2-12H,1H3,(H,22,23)/b14-11+,16-12-. The summed E-state index contributed by atoms with van der Waals surface area (Å²) in [5, 5.41) is 12.5. The number of nitriles is 1. The van der Waals surface area contributed by atoms with Gasteiger partial charge in [-0.3, -0.25) is 4.79 Å². The highest BCUT2D eigenvalue weighted by Crippen LogP contribution is 2.15. The van der Waals surface area contributed by atoms with Crippen LogP contribution in [0, 0.1) is 11.3 Å². The highest BCUT2D eigenvalue weighted by Gasteiger charge is 2.09. The minimum absolute atomic E-state index is 0.0460. The Hall–Kier alpha value is -2.83. The van der Waals surface area contributed by atoms with Gasteiger partial charge in [0, 0.05) is 10.7 Å². The summed E-state index contributed by atoms with van der Waals surface area (Å²) >= 11 is 5.80. The highest BCUT2D eigenvalue weighted by atomic mass is 35.5. The smallest absolute Gasteiger partial charge is 0.266 e. The Labute approximate surface area is 140 Å². The summed E-state index contributed by atoms with van der Waals surface area (Å²) < 4.78 is 0. The molecule has 2 aromatic carbocycles. The Balaban J connectivity index is 2.15. The molecule has 0 aromatic heterocycles. The molecule has 1 N–H and O–H groups in total. The zero-order chi connectivity index (χ0) is 16.7. The van der Waals surface area contributed by atoms with E-state index in [1.807, 2.05) is 49.4 Å². The minimum atomic E-state index is -0.448. The fourth-order valence-corrected chi connectivity index (χ4v) is 2.09. The molecule has 0 saturated heterocycles. The van der Waals surface area contributed by atoms with Gasteiger partial charge in [-0.1, -0.05) is 48.0 Å². The van der Waals surface area contributed by atoms with Gasteiger partial charge in [0.2, 0.25) is 0 Å². The number of hydrogen-bond donors (Lipinski definition) is 1. The van der Waals surface area contributed by atoms with Crippen molar-refractivity contribution in [1.29, 1.82) is 5.26 Å². The summed E-state index contributed by atoms with van der Waals surface area (Å²) in [7, 11) is 0. The summed E-state index contributed by atoms with van der Waals surface area (Å²) in [6, 6.07) is 18.4. The van der Waals surface area contributed by atoms with Crippen molar-refractivity contribution >= 4 is 29.3 Å². The predicted octanol–water partition coefficient (Wildman–Crippen LogP) is 4.83. The molecule has 1 amide bonds. The summed E-state index contributed by atoms with van der Waals surface area (Å²) in [5.41, 5.74) is 2.46. The molecule has 2 aromatic rings. The number of hydrogen-bond acceptors (Lipinski definition) is 2. The number of rotatable bonds is 4. The predicted molar refractivity (Wildman–Crippen MR) is 93.9 cm³/mol. The van der Waals surface area contributed by atoms with Gasteiger partial charge < -0.3 is 5.32 Å². The lowest BCUT2D eigenvalue weighted by Gasteiger charge is -2.04. The Kier molecular flexibility index (Phi) is 5.74. The molecule has 0 aliphatic carbocycles. The summed E-state index contributed by atoms with van der Waals surface area (Å²) in [5.74, 6) is -0.448. The van der Waals surface area contributed by atoms with Gasteiger partial charge in [-0.05, 0) is 48.4 Å². The van der Waals surface area contributed by atoms with Crippen LogP contribution in [0.5, 0.6) is 0 Å². The molecule has 3 nitrogen and oxygen atoms in total. The van der Waals surface area contributed by atoms with Crippen LogP contribution in [0.15, 0.2) is 71.8 Å². The van der Waals surface area contributed by atoms with Crippen LogP contribution in [-0.2, 0) is 4.79 Å². The Morgan fingerprint density at radius 3 is 2.39 bits per heavy atom. The molecule has 114 valence electrons. The van der Waals surface area contributed by atoms with Gasteiger partial charge in [-0.25, -0.2) is 0 Å². The Morgan fingerprint density at radius 2 is 1.78 bits per heavy atom. The topological polar surface area (TPSA) is 52.9 Å². The van der Waals surface area contributed by atoms with E-state index in [1.54, 1.807) is 30.3 Å². The van der Waals surface area contributed by atoms with Crippen LogP contribution in [0.4, 0.5) is 5.69 Å². The number of halogens is 1. The Morgan fingerprint density at radius 1 is 1.13 bits per heavy atom. The molecule has 0 heterocycles. The number of nitrogens with one attached hydrogen (secondary N) is 1. The number of carbonyl (C=O) groups excluding carboxylic acids is 1. The van der Waals surface area contributed by atoms with Crippen LogP contribution in [0.1, 0.15) is 12.5 Å². The lowest BCUT2D eigenvalue weighted by atomic mass is 10.1. The van der Waals surface area contributed by atoms with Gasteiger partial charge in [0.25, 0.3) is 5.91 Å². The first kappa shape index (κ1) is 16.5. The van der Waals surface area contributed by atoms with Crippen LogP contribution in [0.25, 0.3) is 6.08 Å². The van der Waals surface area contributed by atoms with Crippen molar-refractivity contribution in [2.45, 2.75) is 6.92 Å². The van der Waals surface area contributed by atoms with E-state index in [4.69, 9.17) is 11.6 Å². The van der Waals surface area contributed by atoms with Crippen molar-refractivity contribution in [2.75, 3.05) is 5.32 Å². The number of amides is 1. The fourth-order valence-electron chi connectivity index (χ4n) is 1.96. The third-order valence-electron chi connectivity index (χ3n) is 3.03. The third kappa shape index (κ3) is 5.14. The maximum absolute atomic E-state index is 12.2. The average molecular weight is 323 g/mol. The van der Waals surface area contributed by atoms with Crippen molar-refractivity contribution in [2.24, 2.45) is 0 Å². The first-order valence-electron chi connectivity index (χ1n) is 7.00. The van der Waals surface area contributed by atoms with E-state index in [-0.39, 0.29) is 5.57 Å². The molecule has 0 saturated carbocycles. The normalized spacial score (nSPS) is 11.7. The van der Waals surface area contributed by atoms with E-state index in [0.29, 0.717) is 10.7 Å². The monoisotopic (exact) mass is 322 g/mol. The molecule has 0 bridgehead atoms. The Bertz CT molecular complexity index is 784. The lowest BCUT2D eigenvalue weighted by Crippen LogP contribution is -2.13. The van der Waals surface area contributed by atoms with E-state index >= 15 is 0 Å². The second-order valence-corrected chi connectivity index (χ2v) is 5.37. The molecule has 0 radical (unpaired) electrons. The van der Waals surface area contributed by atoms with Crippen LogP contribution in [0.2, 0.25) is 5.02 Å². The van der Waals surface area contributed by atoms with Crippen molar-refractivity contribution in [3.05, 3.63) is 82.4 Å². The van der Waals surface area contributed by atoms with Crippen molar-refractivity contribution < 1.29 is 4.79 Å². The first-order valence-corrected chi connectivity index (χ1v) is 7.38. The number of anilines is 1. The van der Waals surface area contributed by atoms with Gasteiger partial charge in [0.1, 0.15) is 11.6 Å². The summed E-state index contributed by atoms with van der Waals surface area (Å²) in [6.07, 6.45) is 3.48. The minimum Gasteiger partial charge on any atom is -0.321 e. The second-order valence-electron chi connectivity index (χ2n) is 4.93. The molecule has 0 aliphatic rings. The maximum atomic E-state index is 12.2. The van der Waals surface area contributed by atoms with Crippen molar-refractivity contribution in [3.8, 4) is 6.07 Å². The average Bonchev–Trinajstić information content (AvgIpc) is 2.55. The molecule has 0 spiro atoms. The molecule has 4 heteroatoms. The third-order valence-corrected chi connectivity index (χ3v) is 3.29. The largest absolute Gasteiger partial charge is 0.321 e. The molecular weight excluding hydrogens is 308 g/mol. The summed E-state index contributed by atoms with van der Waals surface area (Å²) in [6.45, 7) is 1.85. The fraction of sp³-hybridized carbons (Fsp3) is 0.0526. The van der Waals surface area contributed by atoms with Crippen LogP contribution in [0.3, 0.4) is 0 Å². The summed E-state index contributed by atoms with van der Waals surface area (Å²) in [4.78, 5) is 12.2. The SMILES string of the molecule is CC(/C=C(/C#N)C(=O)Nc1ccc(Cl)cc1)=C\c1ccccc1. The van der Waals surface area contributed by atoms with E-state index in [2.05, 4.69) is 5.32 Å². The molecule has 0 fully saturated rings. The van der Waals surface area contributed by atoms with E-state index in [0.717, 1.165) is 11.1 Å². The van der Waals surface area contributed by atoms with Gasteiger partial charge >= 0.3 is 0 Å². The zero-order valence-electron chi connectivity index (χ0n) is 12.6. The van der Waals surface area contributed by atoms with E-state index in [9.17, 15) is 10.1 Å². The van der Waals surface area contributed by atoms with Crippen LogP contribution < -0.4 is 5.32 Å². The molecule has 2 rings (SSSR count). The highest BCUT2D eigenvalue weighted by molar-refractivity contribution is 6.30. The van der Waals surface area contributed by atoms with Crippen molar-refractivity contribution in [1.82, 2.24) is 0 Å². The molecule has 23 heavy (non-hydrogen) atoms. The van der Waals surface area contributed by atoms with Crippen LogP contribution >= 0.6 is 11.6 Å². The molecule has 0 unspecified atom stereocenters. The van der Waals surface area contributed by atoms with Crippen LogP contribution in [-0.4, -0.2) is 5.91 Å². The van der Waals surface area contributed by atoms with E-state index in [1.165, 1.54) is 0 Å². The second kappa shape index (κ2) is 7.98. The number of carbonyl (C=O) groups is 1. The van der Waals surface area contributed by atoms with Gasteiger partial charge in [0.15, 0.2) is 0 Å².